The van der Waals surface area contributed by atoms with Gasteiger partial charge in [0.1, 0.15) is 0 Å². The van der Waals surface area contributed by atoms with Crippen molar-refractivity contribution < 1.29 is 14.4 Å². The van der Waals surface area contributed by atoms with Gasteiger partial charge in [0.15, 0.2) is 0 Å². The third-order valence-electron chi connectivity index (χ3n) is 3.86. The van der Waals surface area contributed by atoms with Crippen LogP contribution in [0.4, 0.5) is 11.4 Å². The van der Waals surface area contributed by atoms with Gasteiger partial charge in [-0.1, -0.05) is 44.2 Å². The molecule has 28 heavy (non-hydrogen) atoms. The number of hydrazone groups is 1. The van der Waals surface area contributed by atoms with Gasteiger partial charge in [0.2, 0.25) is 5.91 Å². The Bertz CT molecular complexity index is 859. The second-order valence-electron chi connectivity index (χ2n) is 6.61. The monoisotopic (exact) mass is 380 g/mol. The van der Waals surface area contributed by atoms with E-state index in [1.54, 1.807) is 37.3 Å². The molecule has 0 heterocycles. The second-order valence-corrected chi connectivity index (χ2v) is 6.61. The molecule has 0 unspecified atom stereocenters. The molecule has 0 radical (unpaired) electrons. The number of hydrogen-bond acceptors (Lipinski definition) is 4. The topological polar surface area (TPSA) is 99.7 Å². The van der Waals surface area contributed by atoms with Crippen LogP contribution >= 0.6 is 0 Å². The van der Waals surface area contributed by atoms with E-state index in [0.717, 1.165) is 0 Å². The van der Waals surface area contributed by atoms with Crippen LogP contribution in [0.2, 0.25) is 0 Å². The zero-order chi connectivity index (χ0) is 20.5. The Morgan fingerprint density at radius 1 is 0.857 bits per heavy atom. The van der Waals surface area contributed by atoms with Gasteiger partial charge in [0.25, 0.3) is 0 Å². The zero-order valence-electron chi connectivity index (χ0n) is 16.2. The van der Waals surface area contributed by atoms with E-state index < -0.39 is 11.8 Å². The first-order chi connectivity index (χ1) is 13.3. The number of amides is 3. The maximum atomic E-state index is 12.1. The Morgan fingerprint density at radius 3 is 2.07 bits per heavy atom. The molecular weight excluding hydrogens is 356 g/mol. The van der Waals surface area contributed by atoms with E-state index in [1.807, 2.05) is 24.3 Å². The highest BCUT2D eigenvalue weighted by Gasteiger charge is 2.13. The van der Waals surface area contributed by atoms with Gasteiger partial charge in [-0.2, -0.15) is 5.10 Å². The molecule has 7 heteroatoms. The third kappa shape index (κ3) is 6.68. The van der Waals surface area contributed by atoms with Gasteiger partial charge in [0, 0.05) is 17.1 Å². The molecule has 0 saturated carbocycles. The van der Waals surface area contributed by atoms with Crippen LogP contribution in [0.3, 0.4) is 0 Å². The van der Waals surface area contributed by atoms with Crippen molar-refractivity contribution >= 4 is 34.8 Å². The van der Waals surface area contributed by atoms with Crippen LogP contribution in [0.15, 0.2) is 59.7 Å². The van der Waals surface area contributed by atoms with Gasteiger partial charge in [-0.25, -0.2) is 5.43 Å². The minimum Gasteiger partial charge on any atom is -0.326 e. The summed E-state index contributed by atoms with van der Waals surface area (Å²) in [6, 6.07) is 16.2. The molecule has 2 aromatic rings. The lowest BCUT2D eigenvalue weighted by Gasteiger charge is -2.08. The van der Waals surface area contributed by atoms with Gasteiger partial charge in [-0.3, -0.25) is 14.4 Å². The first-order valence-electron chi connectivity index (χ1n) is 8.94. The molecule has 2 rings (SSSR count). The first-order valence-corrected chi connectivity index (χ1v) is 8.94. The van der Waals surface area contributed by atoms with E-state index in [9.17, 15) is 14.4 Å². The lowest BCUT2D eigenvalue weighted by molar-refractivity contribution is -0.136. The molecule has 0 aromatic heterocycles. The van der Waals surface area contributed by atoms with Crippen LogP contribution in [0, 0.1) is 0 Å². The van der Waals surface area contributed by atoms with Crippen molar-refractivity contribution in [2.75, 3.05) is 10.6 Å². The maximum absolute atomic E-state index is 12.1. The van der Waals surface area contributed by atoms with Crippen LogP contribution in [-0.4, -0.2) is 23.4 Å². The molecular formula is C21H24N4O3. The van der Waals surface area contributed by atoms with Gasteiger partial charge >= 0.3 is 11.8 Å². The second kappa shape index (κ2) is 10.0. The Balaban J connectivity index is 1.81. The highest BCUT2D eigenvalue weighted by atomic mass is 16.2. The SMILES string of the molecule is C/C(CC(=O)Nc1ccc(C(C)C)cc1)=N\NC(=O)C(=O)Nc1ccccc1. The van der Waals surface area contributed by atoms with Crippen LogP contribution in [0.5, 0.6) is 0 Å². The molecule has 0 fully saturated rings. The summed E-state index contributed by atoms with van der Waals surface area (Å²) >= 11 is 0. The molecule has 0 aliphatic rings. The summed E-state index contributed by atoms with van der Waals surface area (Å²) in [5.41, 5.74) is 4.90. The van der Waals surface area contributed by atoms with Crippen LogP contribution in [0.25, 0.3) is 0 Å². The van der Waals surface area contributed by atoms with Crippen molar-refractivity contribution in [3.8, 4) is 0 Å². The van der Waals surface area contributed by atoms with E-state index in [0.29, 0.717) is 23.0 Å². The third-order valence-corrected chi connectivity index (χ3v) is 3.86. The van der Waals surface area contributed by atoms with Crippen LogP contribution < -0.4 is 16.1 Å². The summed E-state index contributed by atoms with van der Waals surface area (Å²) in [6.07, 6.45) is -0.00742. The number of para-hydroxylation sites is 1. The summed E-state index contributed by atoms with van der Waals surface area (Å²) in [4.78, 5) is 35.7. The molecule has 7 nitrogen and oxygen atoms in total. The summed E-state index contributed by atoms with van der Waals surface area (Å²) < 4.78 is 0. The number of hydrogen-bond donors (Lipinski definition) is 3. The van der Waals surface area contributed by atoms with Crippen molar-refractivity contribution in [2.45, 2.75) is 33.1 Å². The number of rotatable bonds is 6. The Hall–Kier alpha value is -3.48. The van der Waals surface area contributed by atoms with Crippen molar-refractivity contribution in [1.29, 1.82) is 0 Å². The van der Waals surface area contributed by atoms with Gasteiger partial charge in [-0.05, 0) is 42.7 Å². The van der Waals surface area contributed by atoms with Gasteiger partial charge in [-0.15, -0.1) is 0 Å². The number of benzene rings is 2. The summed E-state index contributed by atoms with van der Waals surface area (Å²) in [5, 5.41) is 9.02. The lowest BCUT2D eigenvalue weighted by atomic mass is 10.0. The predicted octanol–water partition coefficient (Wildman–Crippen LogP) is 3.27. The van der Waals surface area contributed by atoms with E-state index >= 15 is 0 Å². The molecule has 0 aliphatic heterocycles. The molecule has 2 aromatic carbocycles. The normalized spacial score (nSPS) is 11.1. The molecule has 0 aliphatic carbocycles. The minimum absolute atomic E-state index is 0.00742. The average Bonchev–Trinajstić information content (AvgIpc) is 2.67. The fourth-order valence-corrected chi connectivity index (χ4v) is 2.33. The fraction of sp³-hybridized carbons (Fsp3) is 0.238. The van der Waals surface area contributed by atoms with Gasteiger partial charge in [0.05, 0.1) is 6.42 Å². The van der Waals surface area contributed by atoms with Crippen LogP contribution in [0.1, 0.15) is 38.7 Å². The molecule has 0 spiro atoms. The summed E-state index contributed by atoms with van der Waals surface area (Å²) in [7, 11) is 0. The van der Waals surface area contributed by atoms with Crippen molar-refractivity contribution in [3.63, 3.8) is 0 Å². The highest BCUT2D eigenvalue weighted by molar-refractivity contribution is 6.39. The maximum Gasteiger partial charge on any atom is 0.329 e. The standard InChI is InChI=1S/C21H24N4O3/c1-14(2)16-9-11-18(12-10-16)22-19(26)13-15(3)24-25-21(28)20(27)23-17-7-5-4-6-8-17/h4-12,14H,13H2,1-3H3,(H,22,26)(H,23,27)(H,25,28)/b24-15+. The molecule has 0 bridgehead atoms. The largest absolute Gasteiger partial charge is 0.329 e. The van der Waals surface area contributed by atoms with Crippen molar-refractivity contribution in [1.82, 2.24) is 5.43 Å². The Kier molecular flexibility index (Phi) is 7.45. The van der Waals surface area contributed by atoms with Gasteiger partial charge < -0.3 is 10.6 Å². The lowest BCUT2D eigenvalue weighted by Crippen LogP contribution is -2.33. The number of anilines is 2. The number of nitrogens with one attached hydrogen (secondary N) is 3. The van der Waals surface area contributed by atoms with E-state index in [4.69, 9.17) is 0 Å². The number of nitrogens with zero attached hydrogens (tertiary/aromatic N) is 1. The average molecular weight is 380 g/mol. The summed E-state index contributed by atoms with van der Waals surface area (Å²) in [5.74, 6) is -1.59. The van der Waals surface area contributed by atoms with Crippen LogP contribution in [-0.2, 0) is 14.4 Å². The predicted molar refractivity (Wildman–Crippen MR) is 110 cm³/mol. The van der Waals surface area contributed by atoms with Crippen molar-refractivity contribution in [2.24, 2.45) is 5.10 Å². The quantitative estimate of drug-likeness (QED) is 0.407. The molecule has 3 N–H and O–H groups in total. The highest BCUT2D eigenvalue weighted by Crippen LogP contribution is 2.17. The number of carbonyl (C=O) groups excluding carboxylic acids is 3. The molecule has 0 atom stereocenters. The van der Waals surface area contributed by atoms with E-state index in [2.05, 4.69) is 35.0 Å². The molecule has 3 amide bonds. The molecule has 0 saturated heterocycles. The fourth-order valence-electron chi connectivity index (χ4n) is 2.33. The zero-order valence-corrected chi connectivity index (χ0v) is 16.2. The van der Waals surface area contributed by atoms with E-state index in [1.165, 1.54) is 5.56 Å². The summed E-state index contributed by atoms with van der Waals surface area (Å²) in [6.45, 7) is 5.79. The smallest absolute Gasteiger partial charge is 0.326 e. The number of carbonyl (C=O) groups is 3. The van der Waals surface area contributed by atoms with Crippen molar-refractivity contribution in [3.05, 3.63) is 60.2 Å². The van der Waals surface area contributed by atoms with E-state index in [-0.39, 0.29) is 12.3 Å². The molecule has 146 valence electrons. The Labute approximate surface area is 164 Å². The first kappa shape index (κ1) is 20.8. The Morgan fingerprint density at radius 2 is 1.46 bits per heavy atom. The minimum atomic E-state index is -0.909.